The Hall–Kier alpha value is -0.820. The summed E-state index contributed by atoms with van der Waals surface area (Å²) < 4.78 is 1.36. The van der Waals surface area contributed by atoms with E-state index in [9.17, 15) is 0 Å². The number of quaternary nitrogens is 1. The molecule has 154 valence electrons. The molecule has 0 N–H and O–H groups in total. The smallest absolute Gasteiger partial charge is 0.104 e. The third kappa shape index (κ3) is 9.79. The normalized spacial score (nSPS) is 16.0. The van der Waals surface area contributed by atoms with Crippen LogP contribution in [0.2, 0.25) is 0 Å². The minimum atomic E-state index is 1.26. The second kappa shape index (κ2) is 14.2. The summed E-state index contributed by atoms with van der Waals surface area (Å²) >= 11 is 0. The van der Waals surface area contributed by atoms with Gasteiger partial charge in [0.1, 0.15) is 6.54 Å². The van der Waals surface area contributed by atoms with Gasteiger partial charge in [0.15, 0.2) is 0 Å². The average molecular weight is 373 g/mol. The van der Waals surface area contributed by atoms with Crippen LogP contribution in [-0.2, 0) is 6.54 Å². The largest absolute Gasteiger partial charge is 0.320 e. The van der Waals surface area contributed by atoms with E-state index in [1.54, 1.807) is 0 Å². The van der Waals surface area contributed by atoms with Gasteiger partial charge in [-0.3, -0.25) is 0 Å². The Balaban J connectivity index is 1.47. The summed E-state index contributed by atoms with van der Waals surface area (Å²) in [5.74, 6) is 0. The number of hydrogen-bond acceptors (Lipinski definition) is 0. The summed E-state index contributed by atoms with van der Waals surface area (Å²) in [6, 6.07) is 11.2. The van der Waals surface area contributed by atoms with Crippen LogP contribution in [0.3, 0.4) is 0 Å². The predicted molar refractivity (Wildman–Crippen MR) is 120 cm³/mol. The molecule has 27 heavy (non-hydrogen) atoms. The summed E-state index contributed by atoms with van der Waals surface area (Å²) in [5, 5.41) is 0. The van der Waals surface area contributed by atoms with E-state index >= 15 is 0 Å². The second-order valence-electron chi connectivity index (χ2n) is 9.11. The molecule has 0 atom stereocenters. The third-order valence-corrected chi connectivity index (χ3v) is 6.61. The van der Waals surface area contributed by atoms with Crippen LogP contribution in [-0.4, -0.2) is 24.1 Å². The van der Waals surface area contributed by atoms with Crippen molar-refractivity contribution < 1.29 is 4.48 Å². The van der Waals surface area contributed by atoms with Gasteiger partial charge in [-0.1, -0.05) is 108 Å². The molecule has 0 saturated carbocycles. The van der Waals surface area contributed by atoms with Crippen molar-refractivity contribution in [1.29, 1.82) is 0 Å². The Kier molecular flexibility index (Phi) is 11.8. The zero-order valence-electron chi connectivity index (χ0n) is 18.3. The number of rotatable bonds is 16. The number of unbranched alkanes of at least 4 members (excludes halogenated alkanes) is 12. The second-order valence-corrected chi connectivity index (χ2v) is 9.11. The highest BCUT2D eigenvalue weighted by Crippen LogP contribution is 2.25. The van der Waals surface area contributed by atoms with Crippen LogP contribution in [0.4, 0.5) is 0 Å². The Bertz CT molecular complexity index is 447. The van der Waals surface area contributed by atoms with Crippen LogP contribution < -0.4 is 0 Å². The van der Waals surface area contributed by atoms with Crippen LogP contribution in [0.1, 0.15) is 109 Å². The Morgan fingerprint density at radius 1 is 0.630 bits per heavy atom. The van der Waals surface area contributed by atoms with Crippen LogP contribution in [0, 0.1) is 0 Å². The van der Waals surface area contributed by atoms with Crippen molar-refractivity contribution in [2.45, 2.75) is 110 Å². The Morgan fingerprint density at radius 2 is 1.11 bits per heavy atom. The number of hydrogen-bond donors (Lipinski definition) is 0. The number of nitrogens with zero attached hydrogens (tertiary/aromatic N) is 1. The summed E-state index contributed by atoms with van der Waals surface area (Å²) in [5.41, 5.74) is 1.54. The number of benzene rings is 1. The zero-order valence-corrected chi connectivity index (χ0v) is 18.3. The molecule has 0 unspecified atom stereocenters. The highest BCUT2D eigenvalue weighted by Gasteiger charge is 2.31. The van der Waals surface area contributed by atoms with Crippen LogP contribution in [0.5, 0.6) is 0 Å². The molecule has 0 radical (unpaired) electrons. The van der Waals surface area contributed by atoms with E-state index in [0.717, 1.165) is 0 Å². The van der Waals surface area contributed by atoms with Crippen molar-refractivity contribution in [3.8, 4) is 0 Å². The topological polar surface area (TPSA) is 0 Å². The van der Waals surface area contributed by atoms with Gasteiger partial charge >= 0.3 is 0 Å². The fraction of sp³-hybridized carbons (Fsp3) is 0.769. The van der Waals surface area contributed by atoms with Crippen LogP contribution in [0.15, 0.2) is 30.3 Å². The van der Waals surface area contributed by atoms with Crippen molar-refractivity contribution in [2.24, 2.45) is 0 Å². The molecule has 0 amide bonds. The van der Waals surface area contributed by atoms with Gasteiger partial charge in [0, 0.05) is 18.4 Å². The van der Waals surface area contributed by atoms with Crippen molar-refractivity contribution in [1.82, 2.24) is 0 Å². The highest BCUT2D eigenvalue weighted by molar-refractivity contribution is 5.13. The molecule has 1 saturated heterocycles. The molecule has 1 heterocycles. The standard InChI is InChI=1S/C26H46N/c1-2-3-4-5-6-7-8-9-10-11-12-13-17-22-27(23-18-19-24-27)25-26-20-15-14-16-21-26/h14-16,20-21H,2-13,17-19,22-25H2,1H3/q+1. The third-order valence-electron chi connectivity index (χ3n) is 6.61. The molecule has 1 aromatic rings. The van der Waals surface area contributed by atoms with E-state index in [0.29, 0.717) is 0 Å². The summed E-state index contributed by atoms with van der Waals surface area (Å²) in [4.78, 5) is 0. The maximum atomic E-state index is 2.32. The first-order valence-electron chi connectivity index (χ1n) is 12.2. The lowest BCUT2D eigenvalue weighted by Crippen LogP contribution is -2.45. The summed E-state index contributed by atoms with van der Waals surface area (Å²) in [7, 11) is 0. The van der Waals surface area contributed by atoms with Gasteiger partial charge in [0.2, 0.25) is 0 Å². The quantitative estimate of drug-likeness (QED) is 0.204. The van der Waals surface area contributed by atoms with Crippen molar-refractivity contribution in [3.63, 3.8) is 0 Å². The van der Waals surface area contributed by atoms with Gasteiger partial charge in [-0.25, -0.2) is 0 Å². The van der Waals surface area contributed by atoms with Crippen molar-refractivity contribution >= 4 is 0 Å². The molecular weight excluding hydrogens is 326 g/mol. The molecule has 0 aromatic heterocycles. The fourth-order valence-electron chi connectivity index (χ4n) is 4.90. The zero-order chi connectivity index (χ0) is 19.0. The maximum Gasteiger partial charge on any atom is 0.104 e. The maximum absolute atomic E-state index is 2.32. The van der Waals surface area contributed by atoms with E-state index in [4.69, 9.17) is 0 Å². The van der Waals surface area contributed by atoms with E-state index < -0.39 is 0 Å². The molecule has 0 aliphatic carbocycles. The molecule has 0 bridgehead atoms. The van der Waals surface area contributed by atoms with Crippen molar-refractivity contribution in [2.75, 3.05) is 19.6 Å². The first kappa shape index (κ1) is 22.5. The SMILES string of the molecule is CCCCCCCCCCCCCCC[N+]1(Cc2ccccc2)CCCC1. The minimum absolute atomic E-state index is 1.26. The molecule has 1 fully saturated rings. The first-order valence-corrected chi connectivity index (χ1v) is 12.2. The molecule has 1 aromatic carbocycles. The molecule has 1 aliphatic rings. The lowest BCUT2D eigenvalue weighted by atomic mass is 10.0. The van der Waals surface area contributed by atoms with Gasteiger partial charge in [-0.2, -0.15) is 0 Å². The molecule has 1 aliphatic heterocycles. The first-order chi connectivity index (χ1) is 13.3. The van der Waals surface area contributed by atoms with Crippen molar-refractivity contribution in [3.05, 3.63) is 35.9 Å². The fourth-order valence-corrected chi connectivity index (χ4v) is 4.90. The van der Waals surface area contributed by atoms with Gasteiger partial charge < -0.3 is 4.48 Å². The monoisotopic (exact) mass is 372 g/mol. The Labute approximate surface area is 170 Å². The summed E-state index contributed by atoms with van der Waals surface area (Å²) in [6.45, 7) is 7.79. The Morgan fingerprint density at radius 3 is 1.63 bits per heavy atom. The van der Waals surface area contributed by atoms with E-state index in [1.807, 2.05) is 0 Å². The molecule has 0 spiro atoms. The molecule has 2 rings (SSSR count). The van der Waals surface area contributed by atoms with Crippen LogP contribution in [0.25, 0.3) is 0 Å². The van der Waals surface area contributed by atoms with E-state index in [-0.39, 0.29) is 0 Å². The molecular formula is C26H46N+. The molecule has 1 heteroatoms. The van der Waals surface area contributed by atoms with Gasteiger partial charge in [0.25, 0.3) is 0 Å². The minimum Gasteiger partial charge on any atom is -0.320 e. The van der Waals surface area contributed by atoms with Gasteiger partial charge in [-0.05, 0) is 12.8 Å². The summed E-state index contributed by atoms with van der Waals surface area (Å²) in [6.07, 6.45) is 21.8. The lowest BCUT2D eigenvalue weighted by molar-refractivity contribution is -0.930. The van der Waals surface area contributed by atoms with E-state index in [1.165, 1.54) is 133 Å². The van der Waals surface area contributed by atoms with E-state index in [2.05, 4.69) is 37.3 Å². The number of likely N-dealkylation sites (tertiary alicyclic amines) is 1. The van der Waals surface area contributed by atoms with Gasteiger partial charge in [0.05, 0.1) is 19.6 Å². The molecule has 1 nitrogen and oxygen atoms in total. The van der Waals surface area contributed by atoms with Crippen LogP contribution >= 0.6 is 0 Å². The lowest BCUT2D eigenvalue weighted by Gasteiger charge is -2.34. The average Bonchev–Trinajstić information content (AvgIpc) is 3.15. The highest BCUT2D eigenvalue weighted by atomic mass is 15.4. The predicted octanol–water partition coefficient (Wildman–Crippen LogP) is 7.89. The van der Waals surface area contributed by atoms with Gasteiger partial charge in [-0.15, -0.1) is 0 Å².